The summed E-state index contributed by atoms with van der Waals surface area (Å²) in [5.74, 6) is 0.133. The molecule has 0 spiro atoms. The molecule has 0 radical (unpaired) electrons. The molecule has 0 N–H and O–H groups in total. The van der Waals surface area contributed by atoms with Gasteiger partial charge in [-0.2, -0.15) is 0 Å². The van der Waals surface area contributed by atoms with Crippen molar-refractivity contribution in [1.82, 2.24) is 14.4 Å². The SMILES string of the molecule is CC(C)n1cc(Br)cc1C(=O)N1CCN(Cc2ccccc2)CC1. The van der Waals surface area contributed by atoms with Crippen LogP contribution in [-0.4, -0.2) is 46.5 Å². The maximum atomic E-state index is 12.9. The third-order valence-electron chi connectivity index (χ3n) is 4.50. The van der Waals surface area contributed by atoms with E-state index in [4.69, 9.17) is 0 Å². The Morgan fingerprint density at radius 3 is 2.42 bits per heavy atom. The molecule has 0 bridgehead atoms. The monoisotopic (exact) mass is 389 g/mol. The number of piperazine rings is 1. The van der Waals surface area contributed by atoms with Crippen molar-refractivity contribution in [1.29, 1.82) is 0 Å². The summed E-state index contributed by atoms with van der Waals surface area (Å²) < 4.78 is 3.00. The molecule has 1 aromatic carbocycles. The zero-order valence-corrected chi connectivity index (χ0v) is 15.9. The van der Waals surface area contributed by atoms with Crippen molar-refractivity contribution in [2.45, 2.75) is 26.4 Å². The summed E-state index contributed by atoms with van der Waals surface area (Å²) in [5.41, 5.74) is 2.10. The first-order valence-corrected chi connectivity index (χ1v) is 9.27. The number of hydrogen-bond donors (Lipinski definition) is 0. The predicted octanol–water partition coefficient (Wildman–Crippen LogP) is 3.79. The molecule has 128 valence electrons. The molecule has 1 amide bonds. The molecule has 0 saturated carbocycles. The minimum absolute atomic E-state index is 0.133. The Balaban J connectivity index is 1.61. The maximum absolute atomic E-state index is 12.9. The van der Waals surface area contributed by atoms with E-state index in [-0.39, 0.29) is 11.9 Å². The van der Waals surface area contributed by atoms with Crippen LogP contribution in [0.15, 0.2) is 47.1 Å². The summed E-state index contributed by atoms with van der Waals surface area (Å²) in [6.45, 7) is 8.56. The van der Waals surface area contributed by atoms with Gasteiger partial charge in [-0.3, -0.25) is 9.69 Å². The summed E-state index contributed by atoms with van der Waals surface area (Å²) in [5, 5.41) is 0. The quantitative estimate of drug-likeness (QED) is 0.795. The van der Waals surface area contributed by atoms with E-state index >= 15 is 0 Å². The number of carbonyl (C=O) groups is 1. The van der Waals surface area contributed by atoms with E-state index in [0.717, 1.165) is 42.9 Å². The Morgan fingerprint density at radius 2 is 1.79 bits per heavy atom. The molecule has 0 atom stereocenters. The Morgan fingerprint density at radius 1 is 1.12 bits per heavy atom. The Bertz CT molecular complexity index is 688. The number of amides is 1. The predicted molar refractivity (Wildman–Crippen MR) is 100 cm³/mol. The molecule has 2 heterocycles. The minimum atomic E-state index is 0.133. The Hall–Kier alpha value is -1.59. The van der Waals surface area contributed by atoms with Crippen molar-refractivity contribution in [3.63, 3.8) is 0 Å². The van der Waals surface area contributed by atoms with Crippen LogP contribution in [0.4, 0.5) is 0 Å². The highest BCUT2D eigenvalue weighted by Gasteiger charge is 2.25. The average molecular weight is 390 g/mol. The lowest BCUT2D eigenvalue weighted by Crippen LogP contribution is -2.48. The lowest BCUT2D eigenvalue weighted by atomic mass is 10.2. The van der Waals surface area contributed by atoms with Crippen LogP contribution < -0.4 is 0 Å². The first-order valence-electron chi connectivity index (χ1n) is 8.47. The summed E-state index contributed by atoms with van der Waals surface area (Å²) in [6, 6.07) is 12.7. The second-order valence-electron chi connectivity index (χ2n) is 6.60. The lowest BCUT2D eigenvalue weighted by Gasteiger charge is -2.35. The van der Waals surface area contributed by atoms with Crippen LogP contribution in [0.1, 0.15) is 35.9 Å². The molecule has 4 nitrogen and oxygen atoms in total. The van der Waals surface area contributed by atoms with Crippen LogP contribution >= 0.6 is 15.9 Å². The Labute approximate surface area is 152 Å². The van der Waals surface area contributed by atoms with Crippen LogP contribution in [-0.2, 0) is 6.54 Å². The standard InChI is InChI=1S/C19H24BrN3O/c1-15(2)23-14-17(20)12-18(23)19(24)22-10-8-21(9-11-22)13-16-6-4-3-5-7-16/h3-7,12,14-15H,8-11,13H2,1-2H3. The largest absolute Gasteiger partial charge is 0.340 e. The van der Waals surface area contributed by atoms with Gasteiger partial charge in [0.1, 0.15) is 5.69 Å². The minimum Gasteiger partial charge on any atom is -0.340 e. The molecule has 5 heteroatoms. The van der Waals surface area contributed by atoms with E-state index in [0.29, 0.717) is 0 Å². The maximum Gasteiger partial charge on any atom is 0.270 e. The van der Waals surface area contributed by atoms with Crippen LogP contribution in [0.5, 0.6) is 0 Å². The van der Waals surface area contributed by atoms with Crippen molar-refractivity contribution in [3.05, 3.63) is 58.3 Å². The number of benzene rings is 1. The number of aromatic nitrogens is 1. The molecule has 0 aliphatic carbocycles. The van der Waals surface area contributed by atoms with E-state index in [1.807, 2.05) is 27.8 Å². The molecule has 2 aromatic rings. The van der Waals surface area contributed by atoms with E-state index in [2.05, 4.69) is 58.9 Å². The third kappa shape index (κ3) is 3.90. The van der Waals surface area contributed by atoms with E-state index < -0.39 is 0 Å². The molecule has 1 saturated heterocycles. The molecule has 1 aromatic heterocycles. The summed E-state index contributed by atoms with van der Waals surface area (Å²) >= 11 is 3.49. The van der Waals surface area contributed by atoms with Gasteiger partial charge in [-0.1, -0.05) is 30.3 Å². The summed E-state index contributed by atoms with van der Waals surface area (Å²) in [4.78, 5) is 17.3. The van der Waals surface area contributed by atoms with Gasteiger partial charge < -0.3 is 9.47 Å². The Kier molecular flexibility index (Phi) is 5.41. The van der Waals surface area contributed by atoms with Crippen LogP contribution in [0.3, 0.4) is 0 Å². The molecule has 1 aliphatic rings. The van der Waals surface area contributed by atoms with E-state index in [1.165, 1.54) is 5.56 Å². The van der Waals surface area contributed by atoms with Crippen molar-refractivity contribution in [3.8, 4) is 0 Å². The van der Waals surface area contributed by atoms with Crippen LogP contribution in [0.25, 0.3) is 0 Å². The van der Waals surface area contributed by atoms with E-state index in [9.17, 15) is 4.79 Å². The van der Waals surface area contributed by atoms with Crippen molar-refractivity contribution in [2.75, 3.05) is 26.2 Å². The number of halogens is 1. The first-order chi connectivity index (χ1) is 11.5. The molecular formula is C19H24BrN3O. The van der Waals surface area contributed by atoms with Gasteiger partial charge in [-0.15, -0.1) is 0 Å². The molecule has 1 fully saturated rings. The highest BCUT2D eigenvalue weighted by atomic mass is 79.9. The van der Waals surface area contributed by atoms with Gasteiger partial charge >= 0.3 is 0 Å². The summed E-state index contributed by atoms with van der Waals surface area (Å²) in [7, 11) is 0. The molecule has 3 rings (SSSR count). The van der Waals surface area contributed by atoms with Gasteiger partial charge in [-0.05, 0) is 41.4 Å². The smallest absolute Gasteiger partial charge is 0.270 e. The third-order valence-corrected chi connectivity index (χ3v) is 4.93. The van der Waals surface area contributed by atoms with Crippen molar-refractivity contribution < 1.29 is 4.79 Å². The van der Waals surface area contributed by atoms with Gasteiger partial charge in [-0.25, -0.2) is 0 Å². The second-order valence-corrected chi connectivity index (χ2v) is 7.51. The van der Waals surface area contributed by atoms with Crippen molar-refractivity contribution >= 4 is 21.8 Å². The number of rotatable bonds is 4. The summed E-state index contributed by atoms with van der Waals surface area (Å²) in [6.07, 6.45) is 1.99. The highest BCUT2D eigenvalue weighted by Crippen LogP contribution is 2.21. The number of hydrogen-bond acceptors (Lipinski definition) is 2. The fourth-order valence-corrected chi connectivity index (χ4v) is 3.59. The van der Waals surface area contributed by atoms with E-state index in [1.54, 1.807) is 0 Å². The fraction of sp³-hybridized carbons (Fsp3) is 0.421. The average Bonchev–Trinajstić information content (AvgIpc) is 2.98. The van der Waals surface area contributed by atoms with Gasteiger partial charge in [0, 0.05) is 49.4 Å². The fourth-order valence-electron chi connectivity index (χ4n) is 3.16. The van der Waals surface area contributed by atoms with Crippen LogP contribution in [0, 0.1) is 0 Å². The lowest BCUT2D eigenvalue weighted by molar-refractivity contribution is 0.0616. The van der Waals surface area contributed by atoms with Crippen LogP contribution in [0.2, 0.25) is 0 Å². The topological polar surface area (TPSA) is 28.5 Å². The first kappa shape index (κ1) is 17.2. The van der Waals surface area contributed by atoms with Gasteiger partial charge in [0.25, 0.3) is 5.91 Å². The molecular weight excluding hydrogens is 366 g/mol. The normalized spacial score (nSPS) is 15.9. The zero-order chi connectivity index (χ0) is 17.1. The molecule has 0 unspecified atom stereocenters. The van der Waals surface area contributed by atoms with Gasteiger partial charge in [0.2, 0.25) is 0 Å². The highest BCUT2D eigenvalue weighted by molar-refractivity contribution is 9.10. The second kappa shape index (κ2) is 7.53. The zero-order valence-electron chi connectivity index (χ0n) is 14.3. The van der Waals surface area contributed by atoms with Crippen molar-refractivity contribution in [2.24, 2.45) is 0 Å². The van der Waals surface area contributed by atoms with Gasteiger partial charge in [0.05, 0.1) is 0 Å². The number of carbonyl (C=O) groups excluding carboxylic acids is 1. The number of nitrogens with zero attached hydrogens (tertiary/aromatic N) is 3. The molecule has 24 heavy (non-hydrogen) atoms. The molecule has 1 aliphatic heterocycles. The van der Waals surface area contributed by atoms with Gasteiger partial charge in [0.15, 0.2) is 0 Å².